The normalized spacial score (nSPS) is 12.0. The molecule has 31 heavy (non-hydrogen) atoms. The van der Waals surface area contributed by atoms with Crippen LogP contribution in [0.5, 0.6) is 0 Å². The van der Waals surface area contributed by atoms with Gasteiger partial charge in [-0.25, -0.2) is 8.42 Å². The number of hydrogen-bond acceptors (Lipinski definition) is 7. The molecule has 0 aromatic heterocycles. The minimum Gasteiger partial charge on any atom is -0.258 e. The summed E-state index contributed by atoms with van der Waals surface area (Å²) >= 11 is 6.02. The van der Waals surface area contributed by atoms with Gasteiger partial charge in [-0.15, -0.1) is 0 Å². The highest BCUT2D eigenvalue weighted by molar-refractivity contribution is 7.92. The molecule has 0 bridgehead atoms. The van der Waals surface area contributed by atoms with Crippen molar-refractivity contribution in [3.63, 3.8) is 0 Å². The van der Waals surface area contributed by atoms with Crippen molar-refractivity contribution < 1.29 is 18.3 Å². The first-order chi connectivity index (χ1) is 14.7. The van der Waals surface area contributed by atoms with Gasteiger partial charge in [-0.1, -0.05) is 29.8 Å². The van der Waals surface area contributed by atoms with Crippen LogP contribution in [0.15, 0.2) is 71.6 Å². The van der Waals surface area contributed by atoms with Crippen LogP contribution < -0.4 is 0 Å². The number of nitro benzene ring substituents is 2. The minimum atomic E-state index is -4.33. The van der Waals surface area contributed by atoms with Crippen molar-refractivity contribution in [1.82, 2.24) is 0 Å². The van der Waals surface area contributed by atoms with E-state index in [0.29, 0.717) is 0 Å². The zero-order valence-corrected chi connectivity index (χ0v) is 17.1. The van der Waals surface area contributed by atoms with Crippen LogP contribution in [0.2, 0.25) is 5.02 Å². The third kappa shape index (κ3) is 4.23. The van der Waals surface area contributed by atoms with Gasteiger partial charge in [-0.05, 0) is 35.9 Å². The van der Waals surface area contributed by atoms with Crippen molar-refractivity contribution in [3.8, 4) is 6.07 Å². The molecule has 3 aromatic carbocycles. The van der Waals surface area contributed by atoms with Crippen LogP contribution in [0.1, 0.15) is 21.9 Å². The Morgan fingerprint density at radius 2 is 1.58 bits per heavy atom. The van der Waals surface area contributed by atoms with E-state index in [1.165, 1.54) is 30.3 Å². The zero-order valence-electron chi connectivity index (χ0n) is 15.5. The highest BCUT2D eigenvalue weighted by Gasteiger charge is 2.37. The Labute approximate surface area is 181 Å². The number of halogens is 1. The Morgan fingerprint density at radius 1 is 0.903 bits per heavy atom. The van der Waals surface area contributed by atoms with Gasteiger partial charge < -0.3 is 0 Å². The fourth-order valence-electron chi connectivity index (χ4n) is 3.13. The van der Waals surface area contributed by atoms with Gasteiger partial charge in [0.25, 0.3) is 11.4 Å². The lowest BCUT2D eigenvalue weighted by Gasteiger charge is -2.20. The summed E-state index contributed by atoms with van der Waals surface area (Å²) in [5, 5.41) is 30.6. The largest absolute Gasteiger partial charge is 0.274 e. The van der Waals surface area contributed by atoms with Crippen molar-refractivity contribution >= 4 is 32.8 Å². The van der Waals surface area contributed by atoms with E-state index in [4.69, 9.17) is 11.6 Å². The third-order valence-corrected chi connectivity index (χ3v) is 6.79. The average molecular weight is 458 g/mol. The maximum Gasteiger partial charge on any atom is 0.274 e. The van der Waals surface area contributed by atoms with Crippen molar-refractivity contribution in [2.75, 3.05) is 0 Å². The van der Waals surface area contributed by atoms with Gasteiger partial charge in [0.2, 0.25) is 0 Å². The Bertz CT molecular complexity index is 1340. The molecule has 0 heterocycles. The molecular weight excluding hydrogens is 446 g/mol. The van der Waals surface area contributed by atoms with E-state index in [2.05, 4.69) is 0 Å². The first-order valence-corrected chi connectivity index (χ1v) is 10.5. The Kier molecular flexibility index (Phi) is 6.01. The first-order valence-electron chi connectivity index (χ1n) is 8.58. The molecule has 3 aromatic rings. The van der Waals surface area contributed by atoms with E-state index in [1.807, 2.05) is 0 Å². The van der Waals surface area contributed by atoms with Crippen molar-refractivity contribution in [2.24, 2.45) is 0 Å². The fraction of sp³-hybridized carbons (Fsp3) is 0.0500. The molecule has 11 heteroatoms. The quantitative estimate of drug-likeness (QED) is 0.388. The minimum absolute atomic E-state index is 0.0503. The summed E-state index contributed by atoms with van der Waals surface area (Å²) in [5.74, 6) is 0. The summed E-state index contributed by atoms with van der Waals surface area (Å²) in [7, 11) is -4.33. The highest BCUT2D eigenvalue weighted by Crippen LogP contribution is 2.42. The number of hydrogen-bond donors (Lipinski definition) is 0. The van der Waals surface area contributed by atoms with Crippen molar-refractivity contribution in [2.45, 2.75) is 10.1 Å². The molecular formula is C20H12ClN3O6S. The van der Waals surface area contributed by atoms with Crippen LogP contribution in [0, 0.1) is 31.6 Å². The molecule has 0 spiro atoms. The zero-order chi connectivity index (χ0) is 22.8. The number of rotatable bonds is 6. The number of sulfone groups is 1. The number of nitrogens with zero attached hydrogens (tertiary/aromatic N) is 3. The van der Waals surface area contributed by atoms with Gasteiger partial charge in [0.1, 0.15) is 5.25 Å². The number of nitro groups is 2. The maximum atomic E-state index is 13.6. The lowest BCUT2D eigenvalue weighted by atomic mass is 9.98. The van der Waals surface area contributed by atoms with Crippen LogP contribution in [0.25, 0.3) is 0 Å². The molecule has 0 amide bonds. The van der Waals surface area contributed by atoms with E-state index in [1.54, 1.807) is 12.1 Å². The number of benzene rings is 3. The molecule has 1 atom stereocenters. The van der Waals surface area contributed by atoms with Crippen LogP contribution >= 0.6 is 11.6 Å². The van der Waals surface area contributed by atoms with Gasteiger partial charge >= 0.3 is 0 Å². The smallest absolute Gasteiger partial charge is 0.258 e. The van der Waals surface area contributed by atoms with Gasteiger partial charge in [0.05, 0.1) is 31.9 Å². The molecule has 156 valence electrons. The van der Waals surface area contributed by atoms with E-state index < -0.39 is 36.3 Å². The lowest BCUT2D eigenvalue weighted by molar-refractivity contribution is -0.385. The molecule has 0 N–H and O–H groups in total. The second-order valence-corrected chi connectivity index (χ2v) is 8.81. The summed E-state index contributed by atoms with van der Waals surface area (Å²) in [4.78, 5) is 21.1. The number of non-ortho nitro benzene ring substituents is 1. The molecule has 0 saturated carbocycles. The molecule has 0 aliphatic heterocycles. The molecule has 0 saturated heterocycles. The second kappa shape index (κ2) is 8.51. The standard InChI is InChI=1S/C20H12ClN3O6S/c21-14-6-9-19(24(27)28)18(11-14)20(31(29,30)16-4-2-1-3-5-16)17-8-7-15(23(25)26)10-13(17)12-22/h1-11,20H. The number of nitriles is 1. The Balaban J connectivity index is 2.41. The third-order valence-electron chi connectivity index (χ3n) is 4.50. The molecule has 0 fully saturated rings. The predicted molar refractivity (Wildman–Crippen MR) is 111 cm³/mol. The summed E-state index contributed by atoms with van der Waals surface area (Å²) in [6.07, 6.45) is 0. The molecule has 0 radical (unpaired) electrons. The molecule has 9 nitrogen and oxygen atoms in total. The summed E-state index contributed by atoms with van der Waals surface area (Å²) in [6.45, 7) is 0. The van der Waals surface area contributed by atoms with Crippen molar-refractivity contribution in [3.05, 3.63) is 109 Å². The average Bonchev–Trinajstić information content (AvgIpc) is 2.74. The van der Waals surface area contributed by atoms with Gasteiger partial charge in [-0.3, -0.25) is 20.2 Å². The van der Waals surface area contributed by atoms with Gasteiger partial charge in [0, 0.05) is 23.2 Å². The first kappa shape index (κ1) is 21.9. The molecule has 0 aliphatic rings. The predicted octanol–water partition coefficient (Wildman–Crippen LogP) is 4.59. The van der Waals surface area contributed by atoms with Crippen LogP contribution in [-0.2, 0) is 9.84 Å². The highest BCUT2D eigenvalue weighted by atomic mass is 35.5. The van der Waals surface area contributed by atoms with Crippen molar-refractivity contribution in [1.29, 1.82) is 5.26 Å². The van der Waals surface area contributed by atoms with Gasteiger partial charge in [-0.2, -0.15) is 5.26 Å². The molecule has 1 unspecified atom stereocenters. The van der Waals surface area contributed by atoms with Crippen LogP contribution in [0.3, 0.4) is 0 Å². The van der Waals surface area contributed by atoms with Crippen LogP contribution in [0.4, 0.5) is 11.4 Å². The lowest BCUT2D eigenvalue weighted by Crippen LogP contribution is -2.18. The van der Waals surface area contributed by atoms with E-state index in [0.717, 1.165) is 30.3 Å². The Morgan fingerprint density at radius 3 is 2.16 bits per heavy atom. The topological polar surface area (TPSA) is 144 Å². The maximum absolute atomic E-state index is 13.6. The van der Waals surface area contributed by atoms with Gasteiger partial charge in [0.15, 0.2) is 9.84 Å². The summed E-state index contributed by atoms with van der Waals surface area (Å²) in [5.41, 5.74) is -1.63. The summed E-state index contributed by atoms with van der Waals surface area (Å²) in [6, 6.07) is 15.5. The monoisotopic (exact) mass is 457 g/mol. The van der Waals surface area contributed by atoms with Crippen LogP contribution in [-0.4, -0.2) is 18.3 Å². The molecule has 3 rings (SSSR count). The Hall–Kier alpha value is -3.81. The fourth-order valence-corrected chi connectivity index (χ4v) is 5.19. The van der Waals surface area contributed by atoms with E-state index >= 15 is 0 Å². The van der Waals surface area contributed by atoms with E-state index in [9.17, 15) is 33.9 Å². The second-order valence-electron chi connectivity index (χ2n) is 6.34. The SMILES string of the molecule is N#Cc1cc([N+](=O)[O-])ccc1C(c1cc(Cl)ccc1[N+](=O)[O-])S(=O)(=O)c1ccccc1. The van der Waals surface area contributed by atoms with E-state index in [-0.39, 0.29) is 26.6 Å². The molecule has 0 aliphatic carbocycles. The summed E-state index contributed by atoms with van der Waals surface area (Å²) < 4.78 is 27.2.